The Balaban J connectivity index is 1.43. The molecule has 2 aliphatic rings. The van der Waals surface area contributed by atoms with Gasteiger partial charge in [0.15, 0.2) is 0 Å². The highest BCUT2D eigenvalue weighted by Gasteiger charge is 2.41. The lowest BCUT2D eigenvalue weighted by Crippen LogP contribution is -2.48. The fourth-order valence-electron chi connectivity index (χ4n) is 4.37. The molecule has 124 valence electrons. The van der Waals surface area contributed by atoms with E-state index in [-0.39, 0.29) is 5.60 Å². The van der Waals surface area contributed by atoms with Gasteiger partial charge in [0.2, 0.25) is 0 Å². The summed E-state index contributed by atoms with van der Waals surface area (Å²) in [4.78, 5) is 0. The minimum atomic E-state index is -0.336. The van der Waals surface area contributed by atoms with Gasteiger partial charge in [0.25, 0.3) is 0 Å². The lowest BCUT2D eigenvalue weighted by atomic mass is 9.83. The smallest absolute Gasteiger partial charge is 0.0677 e. The molecule has 0 amide bonds. The Hall–Kier alpha value is -0.0800. The van der Waals surface area contributed by atoms with Crippen LogP contribution in [0.5, 0.6) is 0 Å². The van der Waals surface area contributed by atoms with Gasteiger partial charge in [-0.3, -0.25) is 0 Å². The molecule has 0 saturated carbocycles. The largest absolute Gasteiger partial charge is 0.390 e. The molecule has 2 N–H and O–H groups in total. The Kier molecular flexibility index (Phi) is 7.53. The van der Waals surface area contributed by atoms with Gasteiger partial charge in [-0.15, -0.1) is 0 Å². The standard InChI is InChI=1S/C19H37NO/c1-2-3-4-5-6-7-8-9-10-11-14-19(21)15-17-12-13-18(16-19)20-17/h17-18,20-21H,2-16H2,1H3. The molecule has 0 aromatic rings. The average molecular weight is 296 g/mol. The van der Waals surface area contributed by atoms with Crippen LogP contribution < -0.4 is 5.32 Å². The highest BCUT2D eigenvalue weighted by atomic mass is 16.3. The summed E-state index contributed by atoms with van der Waals surface area (Å²) in [6.45, 7) is 2.28. The van der Waals surface area contributed by atoms with E-state index in [1.807, 2.05) is 0 Å². The number of rotatable bonds is 11. The topological polar surface area (TPSA) is 32.3 Å². The van der Waals surface area contributed by atoms with Crippen molar-refractivity contribution in [2.75, 3.05) is 0 Å². The van der Waals surface area contributed by atoms with E-state index < -0.39 is 0 Å². The molecule has 2 fully saturated rings. The van der Waals surface area contributed by atoms with Crippen LogP contribution in [-0.2, 0) is 0 Å². The zero-order valence-electron chi connectivity index (χ0n) is 14.2. The summed E-state index contributed by atoms with van der Waals surface area (Å²) in [5, 5.41) is 14.4. The zero-order valence-corrected chi connectivity index (χ0v) is 14.2. The fraction of sp³-hybridized carbons (Fsp3) is 1.00. The van der Waals surface area contributed by atoms with Crippen molar-refractivity contribution in [3.05, 3.63) is 0 Å². The molecular weight excluding hydrogens is 258 g/mol. The van der Waals surface area contributed by atoms with Gasteiger partial charge in [-0.05, 0) is 32.1 Å². The summed E-state index contributed by atoms with van der Waals surface area (Å²) in [6.07, 6.45) is 19.4. The van der Waals surface area contributed by atoms with Crippen LogP contribution >= 0.6 is 0 Å². The van der Waals surface area contributed by atoms with E-state index in [9.17, 15) is 5.11 Å². The molecule has 0 aromatic carbocycles. The van der Waals surface area contributed by atoms with Crippen LogP contribution in [0.1, 0.15) is 103 Å². The van der Waals surface area contributed by atoms with Crippen LogP contribution in [0.3, 0.4) is 0 Å². The van der Waals surface area contributed by atoms with Gasteiger partial charge in [-0.1, -0.05) is 71.1 Å². The molecule has 0 spiro atoms. The maximum absolute atomic E-state index is 10.7. The molecule has 2 nitrogen and oxygen atoms in total. The maximum Gasteiger partial charge on any atom is 0.0677 e. The summed E-state index contributed by atoms with van der Waals surface area (Å²) >= 11 is 0. The van der Waals surface area contributed by atoms with Gasteiger partial charge in [-0.2, -0.15) is 0 Å². The van der Waals surface area contributed by atoms with E-state index >= 15 is 0 Å². The first-order valence-electron chi connectivity index (χ1n) is 9.70. The van der Waals surface area contributed by atoms with E-state index in [0.717, 1.165) is 19.3 Å². The summed E-state index contributed by atoms with van der Waals surface area (Å²) in [5.41, 5.74) is -0.336. The first-order chi connectivity index (χ1) is 10.2. The predicted molar refractivity (Wildman–Crippen MR) is 90.6 cm³/mol. The average Bonchev–Trinajstić information content (AvgIpc) is 2.81. The van der Waals surface area contributed by atoms with Crippen molar-refractivity contribution in [1.82, 2.24) is 5.32 Å². The quantitative estimate of drug-likeness (QED) is 0.529. The second-order valence-corrected chi connectivity index (χ2v) is 7.70. The molecule has 2 atom stereocenters. The van der Waals surface area contributed by atoms with Gasteiger partial charge in [0, 0.05) is 12.1 Å². The minimum absolute atomic E-state index is 0.336. The number of hydrogen-bond donors (Lipinski definition) is 2. The first kappa shape index (κ1) is 17.3. The van der Waals surface area contributed by atoms with Crippen molar-refractivity contribution in [2.24, 2.45) is 0 Å². The predicted octanol–water partition coefficient (Wildman–Crippen LogP) is 4.94. The maximum atomic E-state index is 10.7. The second-order valence-electron chi connectivity index (χ2n) is 7.70. The fourth-order valence-corrected chi connectivity index (χ4v) is 4.37. The Labute approximate surface area is 132 Å². The van der Waals surface area contributed by atoms with E-state index in [1.54, 1.807) is 0 Å². The third-order valence-corrected chi connectivity index (χ3v) is 5.58. The molecule has 2 unspecified atom stereocenters. The lowest BCUT2D eigenvalue weighted by molar-refractivity contribution is -0.0159. The van der Waals surface area contributed by atoms with E-state index in [2.05, 4.69) is 12.2 Å². The molecule has 2 heterocycles. The summed E-state index contributed by atoms with van der Waals surface area (Å²) in [7, 11) is 0. The Morgan fingerprint density at radius 3 is 1.81 bits per heavy atom. The molecule has 2 saturated heterocycles. The van der Waals surface area contributed by atoms with Crippen LogP contribution in [0.15, 0.2) is 0 Å². The molecule has 2 aliphatic heterocycles. The summed E-state index contributed by atoms with van der Waals surface area (Å²) in [5.74, 6) is 0. The van der Waals surface area contributed by atoms with Crippen LogP contribution in [0.2, 0.25) is 0 Å². The number of fused-ring (bicyclic) bond motifs is 2. The van der Waals surface area contributed by atoms with Crippen molar-refractivity contribution < 1.29 is 5.11 Å². The first-order valence-corrected chi connectivity index (χ1v) is 9.70. The third-order valence-electron chi connectivity index (χ3n) is 5.58. The van der Waals surface area contributed by atoms with E-state index in [1.165, 1.54) is 77.0 Å². The third kappa shape index (κ3) is 6.28. The Bertz CT molecular complexity index is 267. The van der Waals surface area contributed by atoms with Crippen molar-refractivity contribution in [1.29, 1.82) is 0 Å². The zero-order chi connectivity index (χ0) is 15.0. The molecule has 2 heteroatoms. The molecule has 2 rings (SSSR count). The van der Waals surface area contributed by atoms with Crippen LogP contribution in [0.25, 0.3) is 0 Å². The van der Waals surface area contributed by atoms with Crippen molar-refractivity contribution in [3.8, 4) is 0 Å². The molecule has 0 aromatic heterocycles. The van der Waals surface area contributed by atoms with Crippen molar-refractivity contribution in [3.63, 3.8) is 0 Å². The number of hydrogen-bond acceptors (Lipinski definition) is 2. The monoisotopic (exact) mass is 295 g/mol. The number of nitrogens with one attached hydrogen (secondary N) is 1. The lowest BCUT2D eigenvalue weighted by Gasteiger charge is -2.37. The summed E-state index contributed by atoms with van der Waals surface area (Å²) < 4.78 is 0. The summed E-state index contributed by atoms with van der Waals surface area (Å²) in [6, 6.07) is 1.22. The SMILES string of the molecule is CCCCCCCCCCCCC1(O)CC2CCC(C1)N2. The number of aliphatic hydroxyl groups is 1. The highest BCUT2D eigenvalue weighted by Crippen LogP contribution is 2.37. The van der Waals surface area contributed by atoms with Crippen molar-refractivity contribution in [2.45, 2.75) is 121 Å². The van der Waals surface area contributed by atoms with Crippen LogP contribution in [0.4, 0.5) is 0 Å². The van der Waals surface area contributed by atoms with Crippen LogP contribution in [-0.4, -0.2) is 22.8 Å². The van der Waals surface area contributed by atoms with Gasteiger partial charge in [0.05, 0.1) is 5.60 Å². The molecule has 21 heavy (non-hydrogen) atoms. The van der Waals surface area contributed by atoms with Crippen LogP contribution in [0, 0.1) is 0 Å². The number of piperidine rings is 1. The van der Waals surface area contributed by atoms with Gasteiger partial charge >= 0.3 is 0 Å². The second kappa shape index (κ2) is 9.15. The van der Waals surface area contributed by atoms with Crippen molar-refractivity contribution >= 4 is 0 Å². The van der Waals surface area contributed by atoms with E-state index in [0.29, 0.717) is 12.1 Å². The minimum Gasteiger partial charge on any atom is -0.390 e. The molecule has 0 aliphatic carbocycles. The molecular formula is C19H37NO. The number of unbranched alkanes of at least 4 members (excludes halogenated alkanes) is 9. The molecule has 2 bridgehead atoms. The highest BCUT2D eigenvalue weighted by molar-refractivity contribution is 4.99. The normalized spacial score (nSPS) is 31.7. The van der Waals surface area contributed by atoms with Gasteiger partial charge in [-0.25, -0.2) is 0 Å². The van der Waals surface area contributed by atoms with Gasteiger partial charge < -0.3 is 10.4 Å². The Morgan fingerprint density at radius 2 is 1.29 bits per heavy atom. The van der Waals surface area contributed by atoms with E-state index in [4.69, 9.17) is 0 Å². The van der Waals surface area contributed by atoms with Gasteiger partial charge in [0.1, 0.15) is 0 Å². The molecule has 0 radical (unpaired) electrons. The Morgan fingerprint density at radius 1 is 0.810 bits per heavy atom.